The Kier molecular flexibility index (Phi) is 6.55. The summed E-state index contributed by atoms with van der Waals surface area (Å²) >= 11 is 7.94. The number of methoxy groups -OCH3 is 1. The van der Waals surface area contributed by atoms with Crippen LogP contribution in [0.25, 0.3) is 0 Å². The van der Waals surface area contributed by atoms with Crippen molar-refractivity contribution in [2.45, 2.75) is 32.2 Å². The molecule has 0 radical (unpaired) electrons. The molecule has 0 saturated carbocycles. The third kappa shape index (κ3) is 5.03. The highest BCUT2D eigenvalue weighted by atomic mass is 35.5. The van der Waals surface area contributed by atoms with Gasteiger partial charge in [0.1, 0.15) is 5.75 Å². The van der Waals surface area contributed by atoms with E-state index in [2.05, 4.69) is 29.8 Å². The van der Waals surface area contributed by atoms with Crippen LogP contribution in [-0.2, 0) is 12.8 Å². The van der Waals surface area contributed by atoms with Crippen molar-refractivity contribution in [3.8, 4) is 5.75 Å². The predicted molar refractivity (Wildman–Crippen MR) is 91.8 cm³/mol. The van der Waals surface area contributed by atoms with E-state index in [1.807, 2.05) is 29.5 Å². The maximum atomic E-state index is 6.13. The van der Waals surface area contributed by atoms with Crippen LogP contribution < -0.4 is 10.1 Å². The van der Waals surface area contributed by atoms with Gasteiger partial charge in [0.15, 0.2) is 0 Å². The summed E-state index contributed by atoms with van der Waals surface area (Å²) in [6.07, 6.45) is 3.09. The van der Waals surface area contributed by atoms with Crippen molar-refractivity contribution in [1.29, 1.82) is 0 Å². The number of nitrogens with one attached hydrogen (secondary N) is 1. The lowest BCUT2D eigenvalue weighted by Crippen LogP contribution is -2.33. The van der Waals surface area contributed by atoms with E-state index in [0.29, 0.717) is 6.04 Å². The molecule has 0 spiro atoms. The molecule has 2 aromatic rings. The smallest absolute Gasteiger partial charge is 0.122 e. The number of ether oxygens (including phenoxy) is 1. The topological polar surface area (TPSA) is 21.3 Å². The first-order valence-corrected chi connectivity index (χ1v) is 8.57. The summed E-state index contributed by atoms with van der Waals surface area (Å²) in [5.74, 6) is 0.911. The Morgan fingerprint density at radius 1 is 1.29 bits per heavy atom. The van der Waals surface area contributed by atoms with Gasteiger partial charge in [-0.2, -0.15) is 0 Å². The highest BCUT2D eigenvalue weighted by Crippen LogP contribution is 2.25. The number of benzene rings is 1. The average Bonchev–Trinajstić information content (AvgIpc) is 2.98. The van der Waals surface area contributed by atoms with Crippen molar-refractivity contribution < 1.29 is 4.74 Å². The van der Waals surface area contributed by atoms with Crippen molar-refractivity contribution in [2.75, 3.05) is 13.7 Å². The molecule has 1 unspecified atom stereocenters. The summed E-state index contributed by atoms with van der Waals surface area (Å²) in [5, 5.41) is 6.53. The number of rotatable bonds is 8. The molecule has 1 atom stereocenters. The number of hydrogen-bond donors (Lipinski definition) is 1. The number of halogens is 1. The van der Waals surface area contributed by atoms with Crippen LogP contribution in [0.3, 0.4) is 0 Å². The second kappa shape index (κ2) is 8.42. The van der Waals surface area contributed by atoms with Gasteiger partial charge in [-0.05, 0) is 61.0 Å². The van der Waals surface area contributed by atoms with Gasteiger partial charge in [-0.1, -0.05) is 24.6 Å². The van der Waals surface area contributed by atoms with E-state index in [-0.39, 0.29) is 0 Å². The largest absolute Gasteiger partial charge is 0.496 e. The first-order chi connectivity index (χ1) is 10.2. The molecule has 1 heterocycles. The lowest BCUT2D eigenvalue weighted by atomic mass is 10.0. The number of thiophene rings is 1. The average molecular weight is 324 g/mol. The molecule has 0 amide bonds. The van der Waals surface area contributed by atoms with Gasteiger partial charge in [0.05, 0.1) is 7.11 Å². The highest BCUT2D eigenvalue weighted by Gasteiger charge is 2.14. The fourth-order valence-electron chi connectivity index (χ4n) is 2.41. The third-order valence-corrected chi connectivity index (χ3v) is 4.55. The van der Waals surface area contributed by atoms with Gasteiger partial charge in [0.25, 0.3) is 0 Å². The van der Waals surface area contributed by atoms with Crippen LogP contribution in [0, 0.1) is 0 Å². The van der Waals surface area contributed by atoms with Crippen LogP contribution in [0.1, 0.15) is 23.8 Å². The van der Waals surface area contributed by atoms with Crippen LogP contribution in [-0.4, -0.2) is 19.7 Å². The summed E-state index contributed by atoms with van der Waals surface area (Å²) < 4.78 is 5.46. The Labute approximate surface area is 136 Å². The normalized spacial score (nSPS) is 12.3. The second-order valence-electron chi connectivity index (χ2n) is 5.09. The van der Waals surface area contributed by atoms with Gasteiger partial charge in [-0.3, -0.25) is 0 Å². The van der Waals surface area contributed by atoms with E-state index in [9.17, 15) is 0 Å². The lowest BCUT2D eigenvalue weighted by molar-refractivity contribution is 0.404. The Morgan fingerprint density at radius 3 is 2.81 bits per heavy atom. The zero-order valence-electron chi connectivity index (χ0n) is 12.6. The summed E-state index contributed by atoms with van der Waals surface area (Å²) in [5.41, 5.74) is 1.16. The minimum atomic E-state index is 0.399. The van der Waals surface area contributed by atoms with Crippen LogP contribution in [0.5, 0.6) is 5.75 Å². The fourth-order valence-corrected chi connectivity index (χ4v) is 3.39. The predicted octanol–water partition coefficient (Wildman–Crippen LogP) is 4.56. The van der Waals surface area contributed by atoms with Crippen molar-refractivity contribution in [1.82, 2.24) is 5.32 Å². The van der Waals surface area contributed by atoms with E-state index in [1.54, 1.807) is 7.11 Å². The molecule has 4 heteroatoms. The molecule has 1 N–H and O–H groups in total. The standard InChI is InChI=1S/C17H22ClNOS/c1-3-8-19-15(12-16-5-4-9-21-16)11-13-10-14(18)6-7-17(13)20-2/h4-7,9-10,15,19H,3,8,11-12H2,1-2H3. The maximum absolute atomic E-state index is 6.13. The van der Waals surface area contributed by atoms with Crippen LogP contribution in [0.2, 0.25) is 5.02 Å². The summed E-state index contributed by atoms with van der Waals surface area (Å²) in [6, 6.07) is 10.5. The van der Waals surface area contributed by atoms with Crippen molar-refractivity contribution in [2.24, 2.45) is 0 Å². The van der Waals surface area contributed by atoms with Crippen LogP contribution in [0.4, 0.5) is 0 Å². The zero-order valence-corrected chi connectivity index (χ0v) is 14.1. The van der Waals surface area contributed by atoms with E-state index >= 15 is 0 Å². The molecule has 0 aliphatic rings. The van der Waals surface area contributed by atoms with Gasteiger partial charge in [-0.25, -0.2) is 0 Å². The molecule has 0 aliphatic heterocycles. The first kappa shape index (κ1) is 16.3. The van der Waals surface area contributed by atoms with Crippen molar-refractivity contribution >= 4 is 22.9 Å². The molecule has 0 bridgehead atoms. The van der Waals surface area contributed by atoms with E-state index < -0.39 is 0 Å². The summed E-state index contributed by atoms with van der Waals surface area (Å²) in [7, 11) is 1.71. The minimum Gasteiger partial charge on any atom is -0.496 e. The second-order valence-corrected chi connectivity index (χ2v) is 6.56. The van der Waals surface area contributed by atoms with E-state index in [1.165, 1.54) is 4.88 Å². The van der Waals surface area contributed by atoms with Crippen molar-refractivity contribution in [3.63, 3.8) is 0 Å². The zero-order chi connectivity index (χ0) is 15.1. The van der Waals surface area contributed by atoms with E-state index in [0.717, 1.165) is 42.1 Å². The molecule has 2 rings (SSSR count). The van der Waals surface area contributed by atoms with Crippen molar-refractivity contribution in [3.05, 3.63) is 51.2 Å². The quantitative estimate of drug-likeness (QED) is 0.768. The lowest BCUT2D eigenvalue weighted by Gasteiger charge is -2.19. The van der Waals surface area contributed by atoms with E-state index in [4.69, 9.17) is 16.3 Å². The fraction of sp³-hybridized carbons (Fsp3) is 0.412. The molecule has 2 nitrogen and oxygen atoms in total. The summed E-state index contributed by atoms with van der Waals surface area (Å²) in [6.45, 7) is 3.22. The molecular formula is C17H22ClNOS. The molecule has 21 heavy (non-hydrogen) atoms. The molecule has 1 aromatic heterocycles. The SMILES string of the molecule is CCCNC(Cc1cccs1)Cc1cc(Cl)ccc1OC. The van der Waals surface area contributed by atoms with Gasteiger partial charge in [-0.15, -0.1) is 11.3 Å². The Morgan fingerprint density at radius 2 is 2.14 bits per heavy atom. The number of hydrogen-bond acceptors (Lipinski definition) is 3. The molecular weight excluding hydrogens is 302 g/mol. The molecule has 0 aliphatic carbocycles. The Balaban J connectivity index is 2.11. The van der Waals surface area contributed by atoms with Crippen LogP contribution >= 0.6 is 22.9 Å². The Hall–Kier alpha value is -1.03. The van der Waals surface area contributed by atoms with Crippen LogP contribution in [0.15, 0.2) is 35.7 Å². The molecule has 1 aromatic carbocycles. The highest BCUT2D eigenvalue weighted by molar-refractivity contribution is 7.09. The maximum Gasteiger partial charge on any atom is 0.122 e. The monoisotopic (exact) mass is 323 g/mol. The first-order valence-electron chi connectivity index (χ1n) is 7.31. The minimum absolute atomic E-state index is 0.399. The summed E-state index contributed by atoms with van der Waals surface area (Å²) in [4.78, 5) is 1.41. The molecule has 0 fully saturated rings. The van der Waals surface area contributed by atoms with Gasteiger partial charge < -0.3 is 10.1 Å². The Bertz CT molecular complexity index is 542. The third-order valence-electron chi connectivity index (χ3n) is 3.42. The molecule has 0 saturated heterocycles. The van der Waals surface area contributed by atoms with Gasteiger partial charge >= 0.3 is 0 Å². The molecule has 114 valence electrons. The van der Waals surface area contributed by atoms with Gasteiger partial charge in [0.2, 0.25) is 0 Å². The van der Waals surface area contributed by atoms with Gasteiger partial charge in [0, 0.05) is 15.9 Å².